The van der Waals surface area contributed by atoms with Crippen LogP contribution in [0, 0.1) is 5.92 Å². The van der Waals surface area contributed by atoms with E-state index in [0.717, 1.165) is 0 Å². The lowest BCUT2D eigenvalue weighted by molar-refractivity contribution is -0.140. The molecule has 4 N–H and O–H groups in total. The van der Waals surface area contributed by atoms with Crippen LogP contribution in [-0.2, 0) is 19.1 Å². The molecule has 0 aromatic rings. The van der Waals surface area contributed by atoms with Crippen LogP contribution in [0.4, 0.5) is 0 Å². The number of esters is 1. The van der Waals surface area contributed by atoms with Crippen molar-refractivity contribution in [2.75, 3.05) is 20.2 Å². The van der Waals surface area contributed by atoms with Gasteiger partial charge in [-0.3, -0.25) is 14.4 Å². The Morgan fingerprint density at radius 1 is 1.22 bits per heavy atom. The van der Waals surface area contributed by atoms with Crippen molar-refractivity contribution in [1.82, 2.24) is 10.6 Å². The summed E-state index contributed by atoms with van der Waals surface area (Å²) >= 11 is 0. The first-order chi connectivity index (χ1) is 8.38. The van der Waals surface area contributed by atoms with Crippen LogP contribution in [0.3, 0.4) is 0 Å². The zero-order valence-corrected chi connectivity index (χ0v) is 11.0. The molecule has 0 heterocycles. The minimum atomic E-state index is -0.632. The first-order valence-electron chi connectivity index (χ1n) is 5.75. The molecule has 0 aliphatic carbocycles. The smallest absolute Gasteiger partial charge is 0.307 e. The molecule has 104 valence electrons. The Bertz CT molecular complexity index is 305. The number of amides is 2. The summed E-state index contributed by atoms with van der Waals surface area (Å²) in [6, 6.07) is -0.632. The molecule has 0 aromatic heterocycles. The molecule has 0 saturated heterocycles. The van der Waals surface area contributed by atoms with Gasteiger partial charge < -0.3 is 21.1 Å². The maximum atomic E-state index is 11.4. The Morgan fingerprint density at radius 2 is 1.83 bits per heavy atom. The molecule has 0 aliphatic rings. The Balaban J connectivity index is 3.77. The van der Waals surface area contributed by atoms with Gasteiger partial charge in [-0.25, -0.2) is 0 Å². The minimum Gasteiger partial charge on any atom is -0.469 e. The number of hydrogen-bond donors (Lipinski definition) is 3. The summed E-state index contributed by atoms with van der Waals surface area (Å²) in [5, 5.41) is 4.90. The van der Waals surface area contributed by atoms with E-state index >= 15 is 0 Å². The van der Waals surface area contributed by atoms with Crippen LogP contribution in [-0.4, -0.2) is 44.0 Å². The number of methoxy groups -OCH3 is 1. The summed E-state index contributed by atoms with van der Waals surface area (Å²) in [5.41, 5.74) is 5.60. The third kappa shape index (κ3) is 6.85. The Labute approximate surface area is 106 Å². The van der Waals surface area contributed by atoms with Crippen molar-refractivity contribution in [2.45, 2.75) is 26.3 Å². The van der Waals surface area contributed by atoms with Gasteiger partial charge in [0.05, 0.1) is 26.1 Å². The molecule has 0 aliphatic heterocycles. The highest BCUT2D eigenvalue weighted by molar-refractivity contribution is 5.87. The van der Waals surface area contributed by atoms with Crippen molar-refractivity contribution in [1.29, 1.82) is 0 Å². The summed E-state index contributed by atoms with van der Waals surface area (Å²) in [6.07, 6.45) is 0.0989. The molecule has 0 radical (unpaired) electrons. The Hall–Kier alpha value is -1.63. The van der Waals surface area contributed by atoms with Crippen molar-refractivity contribution in [3.63, 3.8) is 0 Å². The third-order valence-electron chi connectivity index (χ3n) is 2.32. The Morgan fingerprint density at radius 3 is 2.33 bits per heavy atom. The maximum absolute atomic E-state index is 11.4. The van der Waals surface area contributed by atoms with E-state index < -0.39 is 12.0 Å². The number of nitrogens with two attached hydrogens (primary N) is 1. The van der Waals surface area contributed by atoms with Crippen LogP contribution in [0.15, 0.2) is 0 Å². The van der Waals surface area contributed by atoms with Crippen LogP contribution in [0.5, 0.6) is 0 Å². The van der Waals surface area contributed by atoms with Crippen LogP contribution in [0.25, 0.3) is 0 Å². The second-order valence-electron chi connectivity index (χ2n) is 4.16. The fourth-order valence-corrected chi connectivity index (χ4v) is 1.06. The summed E-state index contributed by atoms with van der Waals surface area (Å²) < 4.78 is 4.41. The second-order valence-corrected chi connectivity index (χ2v) is 4.16. The van der Waals surface area contributed by atoms with Crippen LogP contribution < -0.4 is 16.4 Å². The molecule has 0 aromatic carbocycles. The van der Waals surface area contributed by atoms with Crippen molar-refractivity contribution in [2.24, 2.45) is 11.7 Å². The van der Waals surface area contributed by atoms with Gasteiger partial charge >= 0.3 is 5.97 Å². The van der Waals surface area contributed by atoms with Gasteiger partial charge in [0.15, 0.2) is 0 Å². The van der Waals surface area contributed by atoms with E-state index in [1.807, 2.05) is 13.8 Å². The largest absolute Gasteiger partial charge is 0.469 e. The molecule has 0 fully saturated rings. The van der Waals surface area contributed by atoms with Crippen molar-refractivity contribution < 1.29 is 19.1 Å². The van der Waals surface area contributed by atoms with Crippen LogP contribution in [0.2, 0.25) is 0 Å². The van der Waals surface area contributed by atoms with Crippen molar-refractivity contribution >= 4 is 17.8 Å². The monoisotopic (exact) mass is 259 g/mol. The predicted octanol–water partition coefficient (Wildman–Crippen LogP) is -1.23. The summed E-state index contributed by atoms with van der Waals surface area (Å²) in [7, 11) is 1.28. The third-order valence-corrected chi connectivity index (χ3v) is 2.32. The SMILES string of the molecule is COC(=O)CCNC(=O)CNC(=O)[C@@H](N)C(C)C. The maximum Gasteiger partial charge on any atom is 0.307 e. The fourth-order valence-electron chi connectivity index (χ4n) is 1.06. The van der Waals surface area contributed by atoms with E-state index in [1.54, 1.807) is 0 Å². The van der Waals surface area contributed by atoms with Crippen molar-refractivity contribution in [3.8, 4) is 0 Å². The quantitative estimate of drug-likeness (QED) is 0.496. The normalized spacial score (nSPS) is 11.8. The topological polar surface area (TPSA) is 111 Å². The average Bonchev–Trinajstić information content (AvgIpc) is 2.34. The standard InChI is InChI=1S/C11H21N3O4/c1-7(2)10(12)11(17)14-6-8(15)13-5-4-9(16)18-3/h7,10H,4-6,12H2,1-3H3,(H,13,15)(H,14,17)/t10-/m0/s1. The van der Waals surface area contributed by atoms with Crippen LogP contribution in [0.1, 0.15) is 20.3 Å². The zero-order chi connectivity index (χ0) is 14.1. The van der Waals surface area contributed by atoms with E-state index in [9.17, 15) is 14.4 Å². The van der Waals surface area contributed by atoms with Gasteiger partial charge in [-0.15, -0.1) is 0 Å². The molecule has 0 unspecified atom stereocenters. The summed E-state index contributed by atoms with van der Waals surface area (Å²) in [5.74, 6) is -1.13. The first-order valence-corrected chi connectivity index (χ1v) is 5.75. The van der Waals surface area contributed by atoms with Crippen molar-refractivity contribution in [3.05, 3.63) is 0 Å². The molecular weight excluding hydrogens is 238 g/mol. The van der Waals surface area contributed by atoms with E-state index in [-0.39, 0.29) is 37.2 Å². The highest BCUT2D eigenvalue weighted by atomic mass is 16.5. The molecule has 7 nitrogen and oxygen atoms in total. The van der Waals surface area contributed by atoms with E-state index in [4.69, 9.17) is 5.73 Å². The van der Waals surface area contributed by atoms with Gasteiger partial charge in [0.2, 0.25) is 11.8 Å². The molecule has 18 heavy (non-hydrogen) atoms. The molecule has 0 rings (SSSR count). The second kappa shape index (κ2) is 8.46. The number of hydrogen-bond acceptors (Lipinski definition) is 5. The van der Waals surface area contributed by atoms with E-state index in [0.29, 0.717) is 0 Å². The molecule has 7 heteroatoms. The molecule has 2 amide bonds. The molecule has 0 saturated carbocycles. The highest BCUT2D eigenvalue weighted by Gasteiger charge is 2.17. The minimum absolute atomic E-state index is 0.00684. The van der Waals surface area contributed by atoms with E-state index in [1.165, 1.54) is 7.11 Å². The first kappa shape index (κ1) is 16.4. The van der Waals surface area contributed by atoms with Crippen LogP contribution >= 0.6 is 0 Å². The molecule has 1 atom stereocenters. The number of carbonyl (C=O) groups excluding carboxylic acids is 3. The van der Waals surface area contributed by atoms with Gasteiger partial charge in [-0.05, 0) is 5.92 Å². The van der Waals surface area contributed by atoms with Gasteiger partial charge in [0.25, 0.3) is 0 Å². The summed E-state index contributed by atoms with van der Waals surface area (Å²) in [6.45, 7) is 3.67. The number of rotatable bonds is 7. The number of nitrogens with one attached hydrogen (secondary N) is 2. The predicted molar refractivity (Wildman–Crippen MR) is 65.5 cm³/mol. The number of carbonyl (C=O) groups is 3. The van der Waals surface area contributed by atoms with Gasteiger partial charge in [0, 0.05) is 6.54 Å². The molecule has 0 bridgehead atoms. The lowest BCUT2D eigenvalue weighted by Crippen LogP contribution is -2.47. The number of ether oxygens (including phenoxy) is 1. The lowest BCUT2D eigenvalue weighted by Gasteiger charge is -2.15. The van der Waals surface area contributed by atoms with Gasteiger partial charge in [0.1, 0.15) is 0 Å². The molecular formula is C11H21N3O4. The van der Waals surface area contributed by atoms with Gasteiger partial charge in [-0.2, -0.15) is 0 Å². The van der Waals surface area contributed by atoms with E-state index in [2.05, 4.69) is 15.4 Å². The summed E-state index contributed by atoms with van der Waals surface area (Å²) in [4.78, 5) is 33.5. The lowest BCUT2D eigenvalue weighted by atomic mass is 10.1. The highest BCUT2D eigenvalue weighted by Crippen LogP contribution is 1.97. The van der Waals surface area contributed by atoms with Gasteiger partial charge in [-0.1, -0.05) is 13.8 Å². The molecule has 0 spiro atoms. The average molecular weight is 259 g/mol. The Kier molecular flexibility index (Phi) is 7.69. The fraction of sp³-hybridized carbons (Fsp3) is 0.727. The zero-order valence-electron chi connectivity index (χ0n) is 11.0.